The molecule has 4 aliphatic rings. The minimum Gasteiger partial charge on any atom is -0.378 e. The number of hydrogen-bond acceptors (Lipinski definition) is 2. The number of halogens is 6. The first kappa shape index (κ1) is 27.1. The molecule has 1 saturated carbocycles. The average Bonchev–Trinajstić information content (AvgIpc) is 3.19. The molecule has 2 aromatic carbocycles. The SMILES string of the molecule is C[C@]12C[C@H](c3ccc(-c4ccc(F)cc4)cc3)C3=C4CCC(=O)C=C4CC[C@H]3[C@@H]1C=C[C@@]2(O)C(F)(F)C(F)(F)F. The van der Waals surface area contributed by atoms with Crippen LogP contribution in [0.25, 0.3) is 11.1 Å². The van der Waals surface area contributed by atoms with Gasteiger partial charge >= 0.3 is 12.1 Å². The zero-order valence-electron chi connectivity index (χ0n) is 21.7. The number of rotatable bonds is 3. The van der Waals surface area contributed by atoms with Crippen LogP contribution in [0.2, 0.25) is 0 Å². The third-order valence-corrected chi connectivity index (χ3v) is 9.73. The molecule has 210 valence electrons. The topological polar surface area (TPSA) is 37.3 Å². The second kappa shape index (κ2) is 8.93. The Labute approximate surface area is 228 Å². The normalized spacial score (nSPS) is 31.9. The molecule has 8 heteroatoms. The van der Waals surface area contributed by atoms with Crippen LogP contribution in [0.1, 0.15) is 50.5 Å². The van der Waals surface area contributed by atoms with E-state index in [-0.39, 0.29) is 23.9 Å². The first-order valence-corrected chi connectivity index (χ1v) is 13.5. The van der Waals surface area contributed by atoms with Gasteiger partial charge in [-0.25, -0.2) is 4.39 Å². The van der Waals surface area contributed by atoms with Crippen LogP contribution < -0.4 is 0 Å². The molecule has 2 nitrogen and oxygen atoms in total. The van der Waals surface area contributed by atoms with Crippen LogP contribution in [-0.4, -0.2) is 28.6 Å². The van der Waals surface area contributed by atoms with Crippen molar-refractivity contribution in [1.82, 2.24) is 0 Å². The van der Waals surface area contributed by atoms with Crippen LogP contribution in [0.15, 0.2) is 83.5 Å². The smallest absolute Gasteiger partial charge is 0.378 e. The van der Waals surface area contributed by atoms with E-state index < -0.39 is 35.0 Å². The summed E-state index contributed by atoms with van der Waals surface area (Å²) in [5.41, 5.74) is -0.0122. The van der Waals surface area contributed by atoms with Gasteiger partial charge in [0.1, 0.15) is 5.82 Å². The quantitative estimate of drug-likeness (QED) is 0.305. The number of alkyl halides is 5. The van der Waals surface area contributed by atoms with Gasteiger partial charge in [-0.15, -0.1) is 0 Å². The lowest BCUT2D eigenvalue weighted by molar-refractivity contribution is -0.352. The van der Waals surface area contributed by atoms with Crippen molar-refractivity contribution in [1.29, 1.82) is 0 Å². The third-order valence-electron chi connectivity index (χ3n) is 9.73. The molecular weight excluding hydrogens is 530 g/mol. The van der Waals surface area contributed by atoms with Crippen LogP contribution in [0, 0.1) is 23.1 Å². The average molecular weight is 559 g/mol. The molecular formula is C32H28F6O2. The lowest BCUT2D eigenvalue weighted by Crippen LogP contribution is -2.65. The van der Waals surface area contributed by atoms with Crippen LogP contribution in [0.3, 0.4) is 0 Å². The highest BCUT2D eigenvalue weighted by Crippen LogP contribution is 2.68. The van der Waals surface area contributed by atoms with Crippen LogP contribution in [-0.2, 0) is 4.79 Å². The van der Waals surface area contributed by atoms with Crippen molar-refractivity contribution in [3.63, 3.8) is 0 Å². The minimum atomic E-state index is -5.93. The van der Waals surface area contributed by atoms with Gasteiger partial charge in [0.2, 0.25) is 0 Å². The van der Waals surface area contributed by atoms with Crippen molar-refractivity contribution in [2.24, 2.45) is 17.3 Å². The van der Waals surface area contributed by atoms with E-state index in [0.717, 1.165) is 33.4 Å². The standard InChI is InChI=1S/C32H28F6O2/c1-29-17-26(20-4-2-18(3-5-20)19-6-9-22(33)10-7-19)28-24-13-11-23(39)16-21(24)8-12-25(28)27(29)14-15-30(29,40)31(34,35)32(36,37)38/h2-7,9-10,14-16,25-27,40H,8,11-13,17H2,1H3/t25-,26+,27-,29-,30-/m0/s1. The summed E-state index contributed by atoms with van der Waals surface area (Å²) < 4.78 is 84.6. The second-order valence-electron chi connectivity index (χ2n) is 11.7. The fraction of sp³-hybridized carbons (Fsp3) is 0.406. The van der Waals surface area contributed by atoms with Crippen molar-refractivity contribution in [3.05, 3.63) is 94.9 Å². The van der Waals surface area contributed by atoms with Gasteiger partial charge in [-0.05, 0) is 89.6 Å². The molecule has 0 aromatic heterocycles. The number of ketones is 1. The summed E-state index contributed by atoms with van der Waals surface area (Å²) in [4.78, 5) is 12.2. The van der Waals surface area contributed by atoms with E-state index >= 15 is 8.78 Å². The van der Waals surface area contributed by atoms with Gasteiger partial charge in [-0.2, -0.15) is 22.0 Å². The van der Waals surface area contributed by atoms with Crippen molar-refractivity contribution >= 4 is 5.78 Å². The first-order chi connectivity index (χ1) is 18.8. The van der Waals surface area contributed by atoms with E-state index in [1.54, 1.807) is 18.2 Å². The van der Waals surface area contributed by atoms with E-state index in [9.17, 15) is 27.5 Å². The number of allylic oxidation sites excluding steroid dienone is 5. The molecule has 5 atom stereocenters. The van der Waals surface area contributed by atoms with Gasteiger partial charge in [0.25, 0.3) is 0 Å². The van der Waals surface area contributed by atoms with Crippen LogP contribution >= 0.6 is 0 Å². The summed E-state index contributed by atoms with van der Waals surface area (Å²) in [5, 5.41) is 11.3. The minimum absolute atomic E-state index is 0.0265. The Morgan fingerprint density at radius 3 is 2.15 bits per heavy atom. The highest BCUT2D eigenvalue weighted by molar-refractivity contribution is 5.93. The Morgan fingerprint density at radius 1 is 0.900 bits per heavy atom. The van der Waals surface area contributed by atoms with E-state index in [0.29, 0.717) is 31.8 Å². The fourth-order valence-electron chi connectivity index (χ4n) is 7.68. The number of fused-ring (bicyclic) bond motifs is 4. The Hall–Kier alpha value is -3.13. The number of aliphatic hydroxyl groups is 1. The molecule has 0 spiro atoms. The van der Waals surface area contributed by atoms with Crippen molar-refractivity contribution in [2.75, 3.05) is 0 Å². The van der Waals surface area contributed by atoms with Gasteiger partial charge in [0, 0.05) is 17.8 Å². The molecule has 6 rings (SSSR count). The zero-order chi connectivity index (χ0) is 28.7. The van der Waals surface area contributed by atoms with E-state index in [4.69, 9.17) is 0 Å². The lowest BCUT2D eigenvalue weighted by Gasteiger charge is -2.56. The largest absolute Gasteiger partial charge is 0.456 e. The molecule has 1 N–H and O–H groups in total. The summed E-state index contributed by atoms with van der Waals surface area (Å²) in [6.45, 7) is 1.36. The number of benzene rings is 2. The highest BCUT2D eigenvalue weighted by atomic mass is 19.4. The van der Waals surface area contributed by atoms with Gasteiger partial charge in [0.05, 0.1) is 0 Å². The third kappa shape index (κ3) is 3.78. The maximum Gasteiger partial charge on any atom is 0.456 e. The predicted molar refractivity (Wildman–Crippen MR) is 138 cm³/mol. The van der Waals surface area contributed by atoms with E-state index in [1.807, 2.05) is 24.3 Å². The molecule has 0 radical (unpaired) electrons. The van der Waals surface area contributed by atoms with Crippen LogP contribution in [0.5, 0.6) is 0 Å². The molecule has 2 aromatic rings. The fourth-order valence-corrected chi connectivity index (χ4v) is 7.68. The number of carbonyl (C=O) groups excluding carboxylic acids is 1. The van der Waals surface area contributed by atoms with E-state index in [2.05, 4.69) is 0 Å². The highest BCUT2D eigenvalue weighted by Gasteiger charge is 2.77. The number of carbonyl (C=O) groups is 1. The molecule has 0 heterocycles. The lowest BCUT2D eigenvalue weighted by atomic mass is 9.50. The molecule has 4 aliphatic carbocycles. The Bertz CT molecular complexity index is 1450. The molecule has 0 bridgehead atoms. The summed E-state index contributed by atoms with van der Waals surface area (Å²) in [7, 11) is 0. The van der Waals surface area contributed by atoms with E-state index in [1.165, 1.54) is 25.1 Å². The zero-order valence-corrected chi connectivity index (χ0v) is 21.7. The number of hydrogen-bond donors (Lipinski definition) is 1. The Morgan fingerprint density at radius 2 is 1.52 bits per heavy atom. The van der Waals surface area contributed by atoms with Gasteiger partial charge < -0.3 is 5.11 Å². The van der Waals surface area contributed by atoms with Crippen molar-refractivity contribution < 1.29 is 36.2 Å². The predicted octanol–water partition coefficient (Wildman–Crippen LogP) is 8.10. The maximum absolute atomic E-state index is 15.1. The van der Waals surface area contributed by atoms with Gasteiger partial charge in [-0.1, -0.05) is 55.0 Å². The molecule has 0 aliphatic heterocycles. The molecule has 0 amide bonds. The molecule has 0 unspecified atom stereocenters. The molecule has 0 saturated heterocycles. The van der Waals surface area contributed by atoms with Gasteiger partial charge in [-0.3, -0.25) is 4.79 Å². The maximum atomic E-state index is 15.1. The molecule has 1 fully saturated rings. The molecule has 40 heavy (non-hydrogen) atoms. The second-order valence-corrected chi connectivity index (χ2v) is 11.7. The summed E-state index contributed by atoms with van der Waals surface area (Å²) in [6.07, 6.45) is -0.537. The Balaban J connectivity index is 1.49. The van der Waals surface area contributed by atoms with Crippen LogP contribution in [0.4, 0.5) is 26.3 Å². The summed E-state index contributed by atoms with van der Waals surface area (Å²) >= 11 is 0. The summed E-state index contributed by atoms with van der Waals surface area (Å²) in [6, 6.07) is 13.3. The van der Waals surface area contributed by atoms with Crippen molar-refractivity contribution in [2.45, 2.75) is 62.6 Å². The summed E-state index contributed by atoms with van der Waals surface area (Å²) in [5.74, 6) is -7.30. The Kier molecular flexibility index (Phi) is 6.04. The van der Waals surface area contributed by atoms with Crippen molar-refractivity contribution in [3.8, 4) is 11.1 Å². The monoisotopic (exact) mass is 558 g/mol. The van der Waals surface area contributed by atoms with Gasteiger partial charge in [0.15, 0.2) is 11.4 Å². The first-order valence-electron chi connectivity index (χ1n) is 13.5.